The summed E-state index contributed by atoms with van der Waals surface area (Å²) >= 11 is 8.21. The van der Waals surface area contributed by atoms with Gasteiger partial charge in [-0.15, -0.1) is 11.3 Å². The molecule has 1 aliphatic carbocycles. The third-order valence-electron chi connectivity index (χ3n) is 10.4. The first-order chi connectivity index (χ1) is 21.7. The van der Waals surface area contributed by atoms with Crippen molar-refractivity contribution >= 4 is 49.7 Å². The second kappa shape index (κ2) is 10.6. The molecule has 7 nitrogen and oxygen atoms in total. The number of aryl methyl sites for hydroxylation is 1. The minimum absolute atomic E-state index is 0.00512. The third kappa shape index (κ3) is 4.32. The maximum atomic E-state index is 17.1. The highest BCUT2D eigenvalue weighted by Crippen LogP contribution is 2.51. The molecule has 4 atom stereocenters. The van der Waals surface area contributed by atoms with E-state index in [-0.39, 0.29) is 62.3 Å². The van der Waals surface area contributed by atoms with E-state index in [1.807, 2.05) is 7.05 Å². The lowest BCUT2D eigenvalue weighted by atomic mass is 9.95. The largest absolute Gasteiger partial charge is 0.491 e. The number of benzene rings is 2. The van der Waals surface area contributed by atoms with E-state index in [0.29, 0.717) is 41.0 Å². The Morgan fingerprint density at radius 2 is 2.07 bits per heavy atom. The molecule has 0 bridgehead atoms. The van der Waals surface area contributed by atoms with Crippen LogP contribution in [0.25, 0.3) is 32.1 Å². The number of hydrogen-bond donors (Lipinski definition) is 0. The zero-order valence-electron chi connectivity index (χ0n) is 24.9. The minimum atomic E-state index is -0.918. The van der Waals surface area contributed by atoms with Crippen molar-refractivity contribution in [3.8, 4) is 29.0 Å². The van der Waals surface area contributed by atoms with Crippen LogP contribution < -0.4 is 14.4 Å². The van der Waals surface area contributed by atoms with Crippen LogP contribution in [-0.2, 0) is 0 Å². The molecule has 2 aromatic carbocycles. The topological polar surface area (TPSA) is 74.5 Å². The second-order valence-corrected chi connectivity index (χ2v) is 14.5. The van der Waals surface area contributed by atoms with Crippen LogP contribution >= 0.6 is 22.9 Å². The lowest BCUT2D eigenvalue weighted by molar-refractivity contribution is 0.107. The molecular weight excluding hydrogens is 623 g/mol. The van der Waals surface area contributed by atoms with Crippen LogP contribution in [0.15, 0.2) is 12.1 Å². The Labute approximate surface area is 267 Å². The molecule has 0 N–H and O–H groups in total. The fraction of sp³-hybridized carbons (Fsp3) is 0.485. The summed E-state index contributed by atoms with van der Waals surface area (Å²) < 4.78 is 59.5. The Kier molecular flexibility index (Phi) is 6.86. The number of anilines is 1. The first-order valence-corrected chi connectivity index (χ1v) is 16.6. The van der Waals surface area contributed by atoms with E-state index in [1.54, 1.807) is 6.92 Å². The van der Waals surface area contributed by atoms with Gasteiger partial charge in [-0.2, -0.15) is 15.2 Å². The van der Waals surface area contributed by atoms with Gasteiger partial charge in [-0.3, -0.25) is 4.90 Å². The van der Waals surface area contributed by atoms with E-state index in [1.165, 1.54) is 12.1 Å². The molecule has 1 saturated carbocycles. The number of aromatic nitrogens is 2. The predicted molar refractivity (Wildman–Crippen MR) is 168 cm³/mol. The zero-order chi connectivity index (χ0) is 31.2. The van der Waals surface area contributed by atoms with Gasteiger partial charge in [0.25, 0.3) is 0 Å². The van der Waals surface area contributed by atoms with Gasteiger partial charge in [-0.25, -0.2) is 13.2 Å². The molecule has 0 amide bonds. The Bertz CT molecular complexity index is 1930. The fourth-order valence-electron chi connectivity index (χ4n) is 8.27. The lowest BCUT2D eigenvalue weighted by Gasteiger charge is -2.35. The normalized spacial score (nSPS) is 26.1. The van der Waals surface area contributed by atoms with Crippen LogP contribution in [0.2, 0.25) is 5.02 Å². The molecular formula is C33H31ClF3N5O2S. The number of halogens is 4. The molecule has 2 aromatic heterocycles. The van der Waals surface area contributed by atoms with Crippen molar-refractivity contribution in [1.82, 2.24) is 14.9 Å². The van der Waals surface area contributed by atoms with Gasteiger partial charge in [0.2, 0.25) is 0 Å². The van der Waals surface area contributed by atoms with E-state index in [9.17, 15) is 9.65 Å². The number of thiophene rings is 1. The van der Waals surface area contributed by atoms with Crippen LogP contribution in [0.3, 0.4) is 0 Å². The number of alkyl halides is 1. The molecule has 3 fully saturated rings. The van der Waals surface area contributed by atoms with Gasteiger partial charge in [-0.05, 0) is 50.8 Å². The highest BCUT2D eigenvalue weighted by Gasteiger charge is 2.49. The minimum Gasteiger partial charge on any atom is -0.491 e. The van der Waals surface area contributed by atoms with Gasteiger partial charge in [0, 0.05) is 47.8 Å². The smallest absolute Gasteiger partial charge is 0.319 e. The van der Waals surface area contributed by atoms with E-state index in [2.05, 4.69) is 20.9 Å². The van der Waals surface area contributed by atoms with Crippen LogP contribution in [0.4, 0.5) is 19.0 Å². The summed E-state index contributed by atoms with van der Waals surface area (Å²) in [7, 11) is 1.95. The number of fused-ring (bicyclic) bond motifs is 3. The quantitative estimate of drug-likeness (QED) is 0.225. The summed E-state index contributed by atoms with van der Waals surface area (Å²) in [5.41, 5.74) is 0.0677. The van der Waals surface area contributed by atoms with Crippen molar-refractivity contribution in [3.63, 3.8) is 0 Å². The van der Waals surface area contributed by atoms with E-state index in [0.717, 1.165) is 50.0 Å². The molecule has 2 saturated heterocycles. The maximum Gasteiger partial charge on any atom is 0.319 e. The highest BCUT2D eigenvalue weighted by atomic mass is 35.5. The van der Waals surface area contributed by atoms with Crippen molar-refractivity contribution in [1.29, 1.82) is 5.26 Å². The van der Waals surface area contributed by atoms with Gasteiger partial charge in [0.05, 0.1) is 32.8 Å². The first kappa shape index (κ1) is 29.1. The highest BCUT2D eigenvalue weighted by molar-refractivity contribution is 7.19. The average Bonchev–Trinajstić information content (AvgIpc) is 3.78. The molecule has 45 heavy (non-hydrogen) atoms. The van der Waals surface area contributed by atoms with E-state index >= 15 is 8.78 Å². The van der Waals surface area contributed by atoms with Gasteiger partial charge in [0.15, 0.2) is 11.6 Å². The zero-order valence-corrected chi connectivity index (χ0v) is 26.5. The summed E-state index contributed by atoms with van der Waals surface area (Å²) in [6, 6.07) is 5.01. The molecule has 0 spiro atoms. The van der Waals surface area contributed by atoms with Gasteiger partial charge >= 0.3 is 6.01 Å². The molecule has 2 unspecified atom stereocenters. The van der Waals surface area contributed by atoms with Crippen molar-refractivity contribution in [2.24, 2.45) is 5.92 Å². The van der Waals surface area contributed by atoms with Crippen LogP contribution in [-0.4, -0.2) is 66.0 Å². The number of nitrogens with zero attached hydrogens (tertiary/aromatic N) is 5. The summed E-state index contributed by atoms with van der Waals surface area (Å²) in [6.45, 7) is 3.51. The number of rotatable bonds is 4. The number of nitriles is 1. The van der Waals surface area contributed by atoms with E-state index < -0.39 is 23.3 Å². The van der Waals surface area contributed by atoms with E-state index in [4.69, 9.17) is 26.1 Å². The molecule has 4 aliphatic rings. The third-order valence-corrected chi connectivity index (χ3v) is 11.9. The molecule has 5 heterocycles. The van der Waals surface area contributed by atoms with Gasteiger partial charge in [0.1, 0.15) is 36.0 Å². The summed E-state index contributed by atoms with van der Waals surface area (Å²) in [4.78, 5) is 14.3. The van der Waals surface area contributed by atoms with Gasteiger partial charge < -0.3 is 14.4 Å². The summed E-state index contributed by atoms with van der Waals surface area (Å²) in [5.74, 6) is -0.322. The van der Waals surface area contributed by atoms with Crippen molar-refractivity contribution in [2.45, 2.75) is 63.2 Å². The van der Waals surface area contributed by atoms with Crippen molar-refractivity contribution < 1.29 is 22.6 Å². The van der Waals surface area contributed by atoms with Crippen LogP contribution in [0.1, 0.15) is 49.0 Å². The Morgan fingerprint density at radius 3 is 2.89 bits per heavy atom. The first-order valence-electron chi connectivity index (χ1n) is 15.4. The SMILES string of the molecule is Cc1sc2c(F)ccc(-c3c(Cl)c4c5c(nc(OC[C@@]67CCCN6C[C@H](F)C7)nc5c3F)N(C)C3CCCC3CO4)c2c1C#N. The number of hydrogen-bond acceptors (Lipinski definition) is 8. The average molecular weight is 654 g/mol. The summed E-state index contributed by atoms with van der Waals surface area (Å²) in [6.07, 6.45) is 4.16. The molecule has 3 aliphatic heterocycles. The molecule has 12 heteroatoms. The maximum absolute atomic E-state index is 17.1. The second-order valence-electron chi connectivity index (χ2n) is 12.9. The number of ether oxygens (including phenoxy) is 2. The predicted octanol–water partition coefficient (Wildman–Crippen LogP) is 7.58. The fourth-order valence-corrected chi connectivity index (χ4v) is 9.64. The standard InChI is InChI=1S/C33H31ClF3N5O2S/c1-16-20(12-38)23-19(7-8-21(36)30(23)45-16)24-26(34)29-25-28(27(24)37)39-32(44-15-33-9-4-10-42(33)13-18(35)11-33)40-31(25)41(2)22-6-3-5-17(22)14-43-29/h7-8,17-18,22H,3-6,9-11,13-15H2,1-2H3/t17?,18-,22?,33+/m1/s1. The van der Waals surface area contributed by atoms with Crippen molar-refractivity contribution in [3.05, 3.63) is 39.2 Å². The lowest BCUT2D eigenvalue weighted by Crippen LogP contribution is -2.43. The molecule has 234 valence electrons. The monoisotopic (exact) mass is 653 g/mol. The van der Waals surface area contributed by atoms with Gasteiger partial charge in [-0.1, -0.05) is 24.1 Å². The van der Waals surface area contributed by atoms with Crippen LogP contribution in [0, 0.1) is 35.8 Å². The molecule has 4 aromatic rings. The molecule has 0 radical (unpaired) electrons. The Hall–Kier alpha value is -3.33. The Balaban J connectivity index is 1.35. The molecule has 8 rings (SSSR count). The summed E-state index contributed by atoms with van der Waals surface area (Å²) in [5, 5.41) is 10.7. The van der Waals surface area contributed by atoms with Crippen molar-refractivity contribution in [2.75, 3.05) is 38.3 Å². The van der Waals surface area contributed by atoms with Crippen LogP contribution in [0.5, 0.6) is 11.8 Å². The Morgan fingerprint density at radius 1 is 1.22 bits per heavy atom.